The van der Waals surface area contributed by atoms with Gasteiger partial charge in [-0.15, -0.1) is 0 Å². The lowest BCUT2D eigenvalue weighted by Gasteiger charge is -2.31. The molecule has 0 radical (unpaired) electrons. The molecule has 0 unspecified atom stereocenters. The van der Waals surface area contributed by atoms with Crippen molar-refractivity contribution in [1.82, 2.24) is 9.47 Å². The quantitative estimate of drug-likeness (QED) is 0.793. The van der Waals surface area contributed by atoms with Crippen LogP contribution in [0, 0.1) is 5.92 Å². The number of benzene rings is 1. The second kappa shape index (κ2) is 7.01. The Morgan fingerprint density at radius 2 is 1.84 bits per heavy atom. The lowest BCUT2D eigenvalue weighted by Crippen LogP contribution is -2.33. The number of fused-ring (bicyclic) bond motifs is 1. The molecule has 0 atom stereocenters. The zero-order chi connectivity index (χ0) is 17.2. The third kappa shape index (κ3) is 3.47. The van der Waals surface area contributed by atoms with Crippen LogP contribution in [0.4, 0.5) is 0 Å². The molecule has 1 saturated heterocycles. The minimum absolute atomic E-state index is 0.258. The molecule has 1 aliphatic heterocycles. The van der Waals surface area contributed by atoms with E-state index in [9.17, 15) is 4.79 Å². The fraction of sp³-hybridized carbons (Fsp3) is 0.409. The maximum absolute atomic E-state index is 12.7. The summed E-state index contributed by atoms with van der Waals surface area (Å²) >= 11 is 0. The van der Waals surface area contributed by atoms with Gasteiger partial charge in [-0.2, -0.15) is 0 Å². The molecule has 130 valence electrons. The molecule has 1 aromatic carbocycles. The average Bonchev–Trinajstić information content (AvgIpc) is 3.02. The van der Waals surface area contributed by atoms with Crippen molar-refractivity contribution in [3.05, 3.63) is 71.1 Å². The number of carbonyl (C=O) groups excluding carboxylic acids is 1. The number of hydrogen-bond donors (Lipinski definition) is 0. The van der Waals surface area contributed by atoms with Gasteiger partial charge >= 0.3 is 0 Å². The van der Waals surface area contributed by atoms with Gasteiger partial charge < -0.3 is 4.57 Å². The van der Waals surface area contributed by atoms with Crippen molar-refractivity contribution in [3.63, 3.8) is 0 Å². The molecule has 0 saturated carbocycles. The average molecular weight is 334 g/mol. The van der Waals surface area contributed by atoms with Gasteiger partial charge in [0.05, 0.1) is 0 Å². The second-order valence-corrected chi connectivity index (χ2v) is 7.41. The zero-order valence-corrected chi connectivity index (χ0v) is 14.9. The summed E-state index contributed by atoms with van der Waals surface area (Å²) in [7, 11) is 2.03. The summed E-state index contributed by atoms with van der Waals surface area (Å²) in [4.78, 5) is 15.2. The Labute approximate surface area is 150 Å². The van der Waals surface area contributed by atoms with Crippen LogP contribution >= 0.6 is 0 Å². The highest BCUT2D eigenvalue weighted by molar-refractivity contribution is 6.10. The maximum atomic E-state index is 12.7. The van der Waals surface area contributed by atoms with E-state index in [4.69, 9.17) is 0 Å². The van der Waals surface area contributed by atoms with Crippen molar-refractivity contribution in [1.29, 1.82) is 0 Å². The SMILES string of the molecule is Cn1ccc2c1CC/C(=C\C1CCN(Cc3ccccc3)CC1)C2=O. The summed E-state index contributed by atoms with van der Waals surface area (Å²) in [6.07, 6.45) is 8.50. The van der Waals surface area contributed by atoms with Crippen LogP contribution in [0.3, 0.4) is 0 Å². The Bertz CT molecular complexity index is 780. The predicted molar refractivity (Wildman–Crippen MR) is 101 cm³/mol. The van der Waals surface area contributed by atoms with E-state index in [-0.39, 0.29) is 5.78 Å². The molecule has 25 heavy (non-hydrogen) atoms. The van der Waals surface area contributed by atoms with Crippen LogP contribution in [-0.2, 0) is 20.0 Å². The molecular weight excluding hydrogens is 308 g/mol. The Kier molecular flexibility index (Phi) is 4.58. The summed E-state index contributed by atoms with van der Waals surface area (Å²) in [5, 5.41) is 0. The summed E-state index contributed by atoms with van der Waals surface area (Å²) < 4.78 is 2.09. The number of likely N-dealkylation sites (tertiary alicyclic amines) is 1. The van der Waals surface area contributed by atoms with Gasteiger partial charge in [0.25, 0.3) is 0 Å². The van der Waals surface area contributed by atoms with E-state index in [2.05, 4.69) is 45.9 Å². The Morgan fingerprint density at radius 3 is 2.60 bits per heavy atom. The number of nitrogens with zero attached hydrogens (tertiary/aromatic N) is 2. The molecule has 0 bridgehead atoms. The lowest BCUT2D eigenvalue weighted by molar-refractivity contribution is 0.102. The van der Waals surface area contributed by atoms with Crippen molar-refractivity contribution >= 4 is 5.78 Å². The fourth-order valence-corrected chi connectivity index (χ4v) is 4.18. The molecule has 4 rings (SSSR count). The van der Waals surface area contributed by atoms with Gasteiger partial charge in [-0.1, -0.05) is 36.4 Å². The minimum atomic E-state index is 0.258. The summed E-state index contributed by atoms with van der Waals surface area (Å²) in [6, 6.07) is 12.7. The van der Waals surface area contributed by atoms with Gasteiger partial charge in [-0.25, -0.2) is 0 Å². The van der Waals surface area contributed by atoms with Crippen LogP contribution in [0.1, 0.15) is 40.9 Å². The van der Waals surface area contributed by atoms with Crippen molar-refractivity contribution in [3.8, 4) is 0 Å². The Hall–Kier alpha value is -2.13. The Balaban J connectivity index is 1.37. The van der Waals surface area contributed by atoms with E-state index in [1.54, 1.807) is 0 Å². The number of ketones is 1. The van der Waals surface area contributed by atoms with Gasteiger partial charge in [-0.05, 0) is 61.9 Å². The molecular formula is C22H26N2O. The van der Waals surface area contributed by atoms with E-state index in [0.29, 0.717) is 5.92 Å². The molecule has 2 aliphatic rings. The zero-order valence-electron chi connectivity index (χ0n) is 14.9. The topological polar surface area (TPSA) is 25.2 Å². The highest BCUT2D eigenvalue weighted by Crippen LogP contribution is 2.29. The smallest absolute Gasteiger partial charge is 0.190 e. The molecule has 0 spiro atoms. The first-order valence-electron chi connectivity index (χ1n) is 9.36. The van der Waals surface area contributed by atoms with Crippen molar-refractivity contribution in [2.75, 3.05) is 13.1 Å². The van der Waals surface area contributed by atoms with Crippen LogP contribution in [-0.4, -0.2) is 28.3 Å². The molecule has 3 nitrogen and oxygen atoms in total. The van der Waals surface area contributed by atoms with Crippen molar-refractivity contribution < 1.29 is 4.79 Å². The maximum Gasteiger partial charge on any atom is 0.190 e. The molecule has 1 aliphatic carbocycles. The number of aromatic nitrogens is 1. The number of hydrogen-bond acceptors (Lipinski definition) is 2. The third-order valence-corrected chi connectivity index (χ3v) is 5.69. The molecule has 2 aromatic rings. The first-order valence-corrected chi connectivity index (χ1v) is 9.36. The second-order valence-electron chi connectivity index (χ2n) is 7.41. The first kappa shape index (κ1) is 16.3. The lowest BCUT2D eigenvalue weighted by atomic mass is 9.86. The van der Waals surface area contributed by atoms with Gasteiger partial charge in [0, 0.05) is 31.0 Å². The normalized spacial score (nSPS) is 20.8. The number of aryl methyl sites for hydroxylation is 1. The third-order valence-electron chi connectivity index (χ3n) is 5.69. The van der Waals surface area contributed by atoms with Gasteiger partial charge in [-0.3, -0.25) is 9.69 Å². The van der Waals surface area contributed by atoms with Crippen LogP contribution in [0.5, 0.6) is 0 Å². The van der Waals surface area contributed by atoms with E-state index >= 15 is 0 Å². The largest absolute Gasteiger partial charge is 0.354 e. The highest BCUT2D eigenvalue weighted by Gasteiger charge is 2.26. The molecule has 0 amide bonds. The van der Waals surface area contributed by atoms with Crippen molar-refractivity contribution in [2.24, 2.45) is 13.0 Å². The van der Waals surface area contributed by atoms with Crippen LogP contribution in [0.25, 0.3) is 0 Å². The van der Waals surface area contributed by atoms with E-state index < -0.39 is 0 Å². The minimum Gasteiger partial charge on any atom is -0.354 e. The molecule has 1 fully saturated rings. The highest BCUT2D eigenvalue weighted by atomic mass is 16.1. The first-order chi connectivity index (χ1) is 12.2. The Morgan fingerprint density at radius 1 is 1.08 bits per heavy atom. The number of piperidine rings is 1. The van der Waals surface area contributed by atoms with Crippen LogP contribution in [0.2, 0.25) is 0 Å². The molecule has 2 heterocycles. The van der Waals surface area contributed by atoms with E-state index in [0.717, 1.165) is 56.5 Å². The summed E-state index contributed by atoms with van der Waals surface area (Å²) in [5.74, 6) is 0.810. The number of rotatable bonds is 3. The van der Waals surface area contributed by atoms with Crippen LogP contribution in [0.15, 0.2) is 54.2 Å². The van der Waals surface area contributed by atoms with Gasteiger partial charge in [0.1, 0.15) is 0 Å². The van der Waals surface area contributed by atoms with Crippen LogP contribution < -0.4 is 0 Å². The number of Topliss-reactive ketones (excluding diaryl/α,β-unsaturated/α-hetero) is 1. The number of allylic oxidation sites excluding steroid dienone is 2. The fourth-order valence-electron chi connectivity index (χ4n) is 4.18. The van der Waals surface area contributed by atoms with Crippen molar-refractivity contribution in [2.45, 2.75) is 32.2 Å². The molecule has 0 N–H and O–H groups in total. The van der Waals surface area contributed by atoms with E-state index in [1.165, 1.54) is 11.3 Å². The molecule has 3 heteroatoms. The van der Waals surface area contributed by atoms with Gasteiger partial charge in [0.15, 0.2) is 5.78 Å². The predicted octanol–water partition coefficient (Wildman–Crippen LogP) is 3.99. The monoisotopic (exact) mass is 334 g/mol. The standard InChI is InChI=1S/C22H26N2O/c1-23-12-11-20-21(23)8-7-19(22(20)25)15-17-9-13-24(14-10-17)16-18-5-3-2-4-6-18/h2-6,11-12,15,17H,7-10,13-14,16H2,1H3/b19-15+. The van der Waals surface area contributed by atoms with Gasteiger partial charge in [0.2, 0.25) is 0 Å². The summed E-state index contributed by atoms with van der Waals surface area (Å²) in [5.41, 5.74) is 4.54. The summed E-state index contributed by atoms with van der Waals surface area (Å²) in [6.45, 7) is 3.28. The molecule has 1 aromatic heterocycles. The van der Waals surface area contributed by atoms with E-state index in [1.807, 2.05) is 19.3 Å². The number of carbonyl (C=O) groups is 1.